The quantitative estimate of drug-likeness (QED) is 0.774. The molecule has 0 spiro atoms. The van der Waals surface area contributed by atoms with Crippen LogP contribution in [-0.2, 0) is 9.59 Å². The number of ether oxygens (including phenoxy) is 1. The molecule has 1 rings (SSSR count). The van der Waals surface area contributed by atoms with Crippen molar-refractivity contribution in [1.29, 1.82) is 0 Å². The summed E-state index contributed by atoms with van der Waals surface area (Å²) in [6.07, 6.45) is 0.218. The monoisotopic (exact) mass is 306 g/mol. The molecule has 0 bridgehead atoms. The van der Waals surface area contributed by atoms with E-state index in [0.717, 1.165) is 5.75 Å². The second-order valence-corrected chi connectivity index (χ2v) is 5.51. The van der Waals surface area contributed by atoms with Gasteiger partial charge in [-0.3, -0.25) is 9.59 Å². The SMILES string of the molecule is CCNC(=O)[C@H](C)NC(=O)CCOc1ccc(C(C)C)cc1. The van der Waals surface area contributed by atoms with Gasteiger partial charge in [0, 0.05) is 6.54 Å². The molecule has 1 atom stereocenters. The van der Waals surface area contributed by atoms with Crippen molar-refractivity contribution >= 4 is 11.8 Å². The predicted molar refractivity (Wildman–Crippen MR) is 86.9 cm³/mol. The van der Waals surface area contributed by atoms with Gasteiger partial charge < -0.3 is 15.4 Å². The third-order valence-corrected chi connectivity index (χ3v) is 3.27. The minimum atomic E-state index is -0.530. The lowest BCUT2D eigenvalue weighted by molar-refractivity contribution is -0.128. The lowest BCUT2D eigenvalue weighted by Gasteiger charge is -2.13. The summed E-state index contributed by atoms with van der Waals surface area (Å²) in [7, 11) is 0. The molecule has 122 valence electrons. The Balaban J connectivity index is 2.31. The second kappa shape index (κ2) is 9.07. The fourth-order valence-corrected chi connectivity index (χ4v) is 1.92. The van der Waals surface area contributed by atoms with E-state index >= 15 is 0 Å². The zero-order chi connectivity index (χ0) is 16.5. The molecular weight excluding hydrogens is 280 g/mol. The van der Waals surface area contributed by atoms with Gasteiger partial charge in [-0.15, -0.1) is 0 Å². The Morgan fingerprint density at radius 3 is 2.32 bits per heavy atom. The van der Waals surface area contributed by atoms with Crippen LogP contribution in [0.3, 0.4) is 0 Å². The van der Waals surface area contributed by atoms with Crippen molar-refractivity contribution in [3.8, 4) is 5.75 Å². The first-order valence-electron chi connectivity index (χ1n) is 7.73. The Morgan fingerprint density at radius 1 is 1.14 bits per heavy atom. The molecule has 0 heterocycles. The first-order chi connectivity index (χ1) is 10.4. The van der Waals surface area contributed by atoms with Crippen molar-refractivity contribution in [2.24, 2.45) is 0 Å². The van der Waals surface area contributed by atoms with Crippen molar-refractivity contribution in [3.63, 3.8) is 0 Å². The van der Waals surface area contributed by atoms with Gasteiger partial charge in [-0.1, -0.05) is 26.0 Å². The number of carbonyl (C=O) groups is 2. The highest BCUT2D eigenvalue weighted by Gasteiger charge is 2.14. The van der Waals surface area contributed by atoms with Crippen LogP contribution in [0, 0.1) is 0 Å². The van der Waals surface area contributed by atoms with Crippen LogP contribution in [0.1, 0.15) is 45.6 Å². The first-order valence-corrected chi connectivity index (χ1v) is 7.73. The van der Waals surface area contributed by atoms with Crippen LogP contribution in [0.25, 0.3) is 0 Å². The van der Waals surface area contributed by atoms with Gasteiger partial charge in [0.25, 0.3) is 0 Å². The molecule has 0 aliphatic heterocycles. The maximum absolute atomic E-state index is 11.7. The molecule has 0 saturated heterocycles. The molecule has 5 nitrogen and oxygen atoms in total. The van der Waals surface area contributed by atoms with Gasteiger partial charge in [0.15, 0.2) is 0 Å². The fraction of sp³-hybridized carbons (Fsp3) is 0.529. The number of hydrogen-bond donors (Lipinski definition) is 2. The summed E-state index contributed by atoms with van der Waals surface area (Å²) >= 11 is 0. The second-order valence-electron chi connectivity index (χ2n) is 5.51. The van der Waals surface area contributed by atoms with E-state index in [2.05, 4.69) is 24.5 Å². The van der Waals surface area contributed by atoms with Gasteiger partial charge in [-0.05, 0) is 37.5 Å². The van der Waals surface area contributed by atoms with Crippen molar-refractivity contribution in [2.75, 3.05) is 13.2 Å². The average Bonchev–Trinajstić information content (AvgIpc) is 2.47. The van der Waals surface area contributed by atoms with Crippen LogP contribution in [0.2, 0.25) is 0 Å². The van der Waals surface area contributed by atoms with Crippen molar-refractivity contribution in [3.05, 3.63) is 29.8 Å². The highest BCUT2D eigenvalue weighted by Crippen LogP contribution is 2.18. The van der Waals surface area contributed by atoms with Crippen LogP contribution in [0.15, 0.2) is 24.3 Å². The fourth-order valence-electron chi connectivity index (χ4n) is 1.92. The van der Waals surface area contributed by atoms with E-state index in [1.165, 1.54) is 5.56 Å². The highest BCUT2D eigenvalue weighted by atomic mass is 16.5. The molecular formula is C17H26N2O3. The lowest BCUT2D eigenvalue weighted by atomic mass is 10.0. The zero-order valence-corrected chi connectivity index (χ0v) is 13.8. The topological polar surface area (TPSA) is 67.4 Å². The molecule has 22 heavy (non-hydrogen) atoms. The number of rotatable bonds is 8. The Labute approximate surface area is 132 Å². The standard InChI is InChI=1S/C17H26N2O3/c1-5-18-17(21)13(4)19-16(20)10-11-22-15-8-6-14(7-9-15)12(2)3/h6-9,12-13H,5,10-11H2,1-4H3,(H,18,21)(H,19,20)/t13-/m0/s1. The summed E-state index contributed by atoms with van der Waals surface area (Å²) < 4.78 is 5.54. The number of benzene rings is 1. The van der Waals surface area contributed by atoms with Crippen molar-refractivity contribution < 1.29 is 14.3 Å². The molecule has 0 radical (unpaired) electrons. The van der Waals surface area contributed by atoms with E-state index in [9.17, 15) is 9.59 Å². The van der Waals surface area contributed by atoms with Crippen LogP contribution in [-0.4, -0.2) is 31.0 Å². The van der Waals surface area contributed by atoms with Gasteiger partial charge >= 0.3 is 0 Å². The van der Waals surface area contributed by atoms with E-state index in [0.29, 0.717) is 12.5 Å². The smallest absolute Gasteiger partial charge is 0.242 e. The summed E-state index contributed by atoms with van der Waals surface area (Å²) in [6, 6.07) is 7.33. The average molecular weight is 306 g/mol. The van der Waals surface area contributed by atoms with Gasteiger partial charge in [0.2, 0.25) is 11.8 Å². The van der Waals surface area contributed by atoms with Crippen LogP contribution >= 0.6 is 0 Å². The van der Waals surface area contributed by atoms with Crippen molar-refractivity contribution in [1.82, 2.24) is 10.6 Å². The van der Waals surface area contributed by atoms with Crippen LogP contribution < -0.4 is 15.4 Å². The third kappa shape index (κ3) is 6.16. The number of amides is 2. The molecule has 0 aliphatic rings. The summed E-state index contributed by atoms with van der Waals surface area (Å²) in [5, 5.41) is 5.31. The van der Waals surface area contributed by atoms with E-state index < -0.39 is 6.04 Å². The summed E-state index contributed by atoms with van der Waals surface area (Å²) in [4.78, 5) is 23.2. The molecule has 2 amide bonds. The number of hydrogen-bond acceptors (Lipinski definition) is 3. The lowest BCUT2D eigenvalue weighted by Crippen LogP contribution is -2.45. The summed E-state index contributed by atoms with van der Waals surface area (Å²) in [5.41, 5.74) is 1.25. The Kier molecular flexibility index (Phi) is 7.43. The normalized spacial score (nSPS) is 11.9. The maximum Gasteiger partial charge on any atom is 0.242 e. The zero-order valence-electron chi connectivity index (χ0n) is 13.8. The number of likely N-dealkylation sites (N-methyl/N-ethyl adjacent to an activating group) is 1. The Morgan fingerprint density at radius 2 is 1.77 bits per heavy atom. The van der Waals surface area contributed by atoms with Gasteiger partial charge in [-0.2, -0.15) is 0 Å². The van der Waals surface area contributed by atoms with E-state index in [4.69, 9.17) is 4.74 Å². The molecule has 0 aromatic heterocycles. The van der Waals surface area contributed by atoms with Gasteiger partial charge in [0.1, 0.15) is 11.8 Å². The molecule has 5 heteroatoms. The maximum atomic E-state index is 11.7. The Bertz CT molecular complexity index is 483. The van der Waals surface area contributed by atoms with Crippen LogP contribution in [0.4, 0.5) is 0 Å². The number of nitrogens with one attached hydrogen (secondary N) is 2. The third-order valence-electron chi connectivity index (χ3n) is 3.27. The predicted octanol–water partition coefficient (Wildman–Crippen LogP) is 2.22. The van der Waals surface area contributed by atoms with E-state index in [1.807, 2.05) is 31.2 Å². The number of carbonyl (C=O) groups excluding carboxylic acids is 2. The molecule has 0 unspecified atom stereocenters. The molecule has 1 aromatic carbocycles. The molecule has 0 aliphatic carbocycles. The minimum Gasteiger partial charge on any atom is -0.493 e. The van der Waals surface area contributed by atoms with Gasteiger partial charge in [0.05, 0.1) is 13.0 Å². The van der Waals surface area contributed by atoms with Gasteiger partial charge in [-0.25, -0.2) is 0 Å². The molecule has 2 N–H and O–H groups in total. The largest absolute Gasteiger partial charge is 0.493 e. The Hall–Kier alpha value is -2.04. The minimum absolute atomic E-state index is 0.180. The summed E-state index contributed by atoms with van der Waals surface area (Å²) in [6.45, 7) is 8.61. The molecule has 0 fully saturated rings. The highest BCUT2D eigenvalue weighted by molar-refractivity contribution is 5.87. The van der Waals surface area contributed by atoms with Crippen molar-refractivity contribution in [2.45, 2.75) is 46.1 Å². The van der Waals surface area contributed by atoms with Crippen LogP contribution in [0.5, 0.6) is 5.75 Å². The first kappa shape index (κ1) is 18.0. The molecule has 0 saturated carbocycles. The van der Waals surface area contributed by atoms with E-state index in [-0.39, 0.29) is 24.8 Å². The summed E-state index contributed by atoms with van der Waals surface area (Å²) in [5.74, 6) is 0.850. The molecule has 1 aromatic rings. The van der Waals surface area contributed by atoms with E-state index in [1.54, 1.807) is 6.92 Å².